The zero-order chi connectivity index (χ0) is 17.9. The number of esters is 1. The fourth-order valence-corrected chi connectivity index (χ4v) is 3.44. The Bertz CT molecular complexity index is 732. The molecule has 1 aliphatic heterocycles. The third-order valence-electron chi connectivity index (χ3n) is 3.51. The van der Waals surface area contributed by atoms with E-state index in [0.29, 0.717) is 0 Å². The van der Waals surface area contributed by atoms with Gasteiger partial charge >= 0.3 is 16.2 Å². The van der Waals surface area contributed by atoms with Crippen LogP contribution in [0.2, 0.25) is 0 Å². The minimum atomic E-state index is -4.71. The highest BCUT2D eigenvalue weighted by Crippen LogP contribution is 2.29. The normalized spacial score (nSPS) is 18.2. The third kappa shape index (κ3) is 4.09. The summed E-state index contributed by atoms with van der Waals surface area (Å²) in [4.78, 5) is 25.4. The minimum absolute atomic E-state index is 0.0300. The van der Waals surface area contributed by atoms with Gasteiger partial charge in [0.05, 0.1) is 31.7 Å². The second kappa shape index (κ2) is 7.26. The number of anilines is 1. The highest BCUT2D eigenvalue weighted by Gasteiger charge is 2.37. The summed E-state index contributed by atoms with van der Waals surface area (Å²) in [6.07, 6.45) is 1.06. The average molecular weight is 363 g/mol. The Labute approximate surface area is 138 Å². The van der Waals surface area contributed by atoms with E-state index in [-0.39, 0.29) is 44.1 Å². The Morgan fingerprint density at radius 1 is 1.54 bits per heavy atom. The van der Waals surface area contributed by atoms with Crippen molar-refractivity contribution in [1.82, 2.24) is 9.78 Å². The van der Waals surface area contributed by atoms with Crippen LogP contribution in [0.25, 0.3) is 0 Å². The molecule has 134 valence electrons. The van der Waals surface area contributed by atoms with E-state index in [1.54, 1.807) is 6.92 Å². The van der Waals surface area contributed by atoms with Gasteiger partial charge in [-0.15, -0.1) is 3.89 Å². The van der Waals surface area contributed by atoms with Crippen molar-refractivity contribution in [2.45, 2.75) is 19.9 Å². The highest BCUT2D eigenvalue weighted by atomic mass is 32.3. The molecule has 2 heterocycles. The fraction of sp³-hybridized carbons (Fsp3) is 0.615. The van der Waals surface area contributed by atoms with Crippen molar-refractivity contribution in [2.75, 3.05) is 30.4 Å². The number of aromatic nitrogens is 2. The summed E-state index contributed by atoms with van der Waals surface area (Å²) in [7, 11) is -4.71. The molecule has 0 aromatic carbocycles. The zero-order valence-electron chi connectivity index (χ0n) is 13.0. The summed E-state index contributed by atoms with van der Waals surface area (Å²) < 4.78 is 40.6. The molecule has 0 aliphatic carbocycles. The second-order valence-electron chi connectivity index (χ2n) is 5.33. The summed E-state index contributed by atoms with van der Waals surface area (Å²) in [5.41, 5.74) is 0.0300. The largest absolute Gasteiger partial charge is 0.462 e. The highest BCUT2D eigenvalue weighted by molar-refractivity contribution is 7.86. The van der Waals surface area contributed by atoms with E-state index in [2.05, 4.69) is 5.10 Å². The standard InChI is InChI=1S/C13H18FN3O6S/c1-2-23-13(20)10-6-15-17(3-4-18)12(10)16-7-9(5-11(16)19)8-24(14,21)22/h6,9,18H,2-5,7-8H2,1H3. The van der Waals surface area contributed by atoms with Crippen LogP contribution in [0.5, 0.6) is 0 Å². The second-order valence-corrected chi connectivity index (χ2v) is 6.74. The molecule has 1 fully saturated rings. The fourth-order valence-electron chi connectivity index (χ4n) is 2.65. The van der Waals surface area contributed by atoms with E-state index in [1.807, 2.05) is 0 Å². The van der Waals surface area contributed by atoms with E-state index >= 15 is 0 Å². The predicted molar refractivity (Wildman–Crippen MR) is 80.6 cm³/mol. The summed E-state index contributed by atoms with van der Waals surface area (Å²) in [5.74, 6) is -2.51. The first-order valence-electron chi connectivity index (χ1n) is 7.33. The summed E-state index contributed by atoms with van der Waals surface area (Å²) in [6, 6.07) is 0. The maximum absolute atomic E-state index is 12.9. The molecule has 0 spiro atoms. The van der Waals surface area contributed by atoms with Crippen LogP contribution < -0.4 is 4.90 Å². The maximum atomic E-state index is 12.9. The van der Waals surface area contributed by atoms with Crippen molar-refractivity contribution in [3.05, 3.63) is 11.8 Å². The van der Waals surface area contributed by atoms with Crippen LogP contribution in [0.3, 0.4) is 0 Å². The molecular formula is C13H18FN3O6S. The molecule has 0 radical (unpaired) electrons. The Morgan fingerprint density at radius 2 is 2.25 bits per heavy atom. The van der Waals surface area contributed by atoms with Gasteiger partial charge in [0.15, 0.2) is 0 Å². The first-order valence-corrected chi connectivity index (χ1v) is 8.88. The predicted octanol–water partition coefficient (Wildman–Crippen LogP) is -0.296. The Morgan fingerprint density at radius 3 is 2.83 bits per heavy atom. The van der Waals surface area contributed by atoms with Gasteiger partial charge in [-0.2, -0.15) is 13.5 Å². The van der Waals surface area contributed by atoms with E-state index in [1.165, 1.54) is 15.8 Å². The van der Waals surface area contributed by atoms with Crippen LogP contribution in [-0.4, -0.2) is 60.7 Å². The van der Waals surface area contributed by atoms with Gasteiger partial charge in [0.25, 0.3) is 0 Å². The molecule has 1 aromatic rings. The van der Waals surface area contributed by atoms with Crippen LogP contribution in [0.4, 0.5) is 9.70 Å². The van der Waals surface area contributed by atoms with Gasteiger partial charge in [0.2, 0.25) is 5.91 Å². The number of ether oxygens (including phenoxy) is 1. The number of hydrogen-bond acceptors (Lipinski definition) is 7. The Balaban J connectivity index is 2.34. The Kier molecular flexibility index (Phi) is 5.54. The number of aliphatic hydroxyl groups excluding tert-OH is 1. The molecule has 24 heavy (non-hydrogen) atoms. The number of halogens is 1. The minimum Gasteiger partial charge on any atom is -0.462 e. The molecular weight excluding hydrogens is 345 g/mol. The van der Waals surface area contributed by atoms with Gasteiger partial charge in [-0.1, -0.05) is 0 Å². The molecule has 2 rings (SSSR count). The lowest BCUT2D eigenvalue weighted by atomic mass is 10.1. The SMILES string of the molecule is CCOC(=O)c1cnn(CCO)c1N1CC(CS(=O)(=O)F)CC1=O. The molecule has 1 aliphatic rings. The van der Waals surface area contributed by atoms with Gasteiger partial charge in [-0.25, -0.2) is 9.48 Å². The number of carbonyl (C=O) groups excluding carboxylic acids is 2. The molecule has 1 unspecified atom stereocenters. The first-order chi connectivity index (χ1) is 11.3. The lowest BCUT2D eigenvalue weighted by Crippen LogP contribution is -2.30. The zero-order valence-corrected chi connectivity index (χ0v) is 13.8. The molecule has 0 saturated carbocycles. The van der Waals surface area contributed by atoms with Crippen molar-refractivity contribution in [1.29, 1.82) is 0 Å². The van der Waals surface area contributed by atoms with Crippen molar-refractivity contribution in [2.24, 2.45) is 5.92 Å². The van der Waals surface area contributed by atoms with E-state index in [0.717, 1.165) is 0 Å². The van der Waals surface area contributed by atoms with E-state index < -0.39 is 33.8 Å². The summed E-state index contributed by atoms with van der Waals surface area (Å²) >= 11 is 0. The first kappa shape index (κ1) is 18.3. The molecule has 9 nitrogen and oxygen atoms in total. The summed E-state index contributed by atoms with van der Waals surface area (Å²) in [5, 5.41) is 13.1. The quantitative estimate of drug-likeness (QED) is 0.522. The average Bonchev–Trinajstić information content (AvgIpc) is 3.01. The van der Waals surface area contributed by atoms with E-state index in [4.69, 9.17) is 9.84 Å². The number of carbonyl (C=O) groups is 2. The molecule has 11 heteroatoms. The lowest BCUT2D eigenvalue weighted by molar-refractivity contribution is -0.117. The topological polar surface area (TPSA) is 119 Å². The van der Waals surface area contributed by atoms with E-state index in [9.17, 15) is 21.9 Å². The van der Waals surface area contributed by atoms with Crippen LogP contribution >= 0.6 is 0 Å². The van der Waals surface area contributed by atoms with Crippen molar-refractivity contribution < 1.29 is 31.7 Å². The molecule has 1 atom stereocenters. The van der Waals surface area contributed by atoms with Gasteiger partial charge in [0.1, 0.15) is 11.4 Å². The monoisotopic (exact) mass is 363 g/mol. The number of nitrogens with zero attached hydrogens (tertiary/aromatic N) is 3. The van der Waals surface area contributed by atoms with Gasteiger partial charge < -0.3 is 9.84 Å². The molecule has 1 saturated heterocycles. The van der Waals surface area contributed by atoms with Crippen LogP contribution in [-0.2, 0) is 26.3 Å². The lowest BCUT2D eigenvalue weighted by Gasteiger charge is -2.19. The number of hydrogen-bond donors (Lipinski definition) is 1. The number of amides is 1. The smallest absolute Gasteiger partial charge is 0.343 e. The molecule has 0 bridgehead atoms. The van der Waals surface area contributed by atoms with Crippen molar-refractivity contribution in [3.8, 4) is 0 Å². The number of rotatable bonds is 7. The molecule has 1 N–H and O–H groups in total. The number of aliphatic hydroxyl groups is 1. The van der Waals surface area contributed by atoms with Gasteiger partial charge in [-0.05, 0) is 6.92 Å². The Hall–Kier alpha value is -2.01. The van der Waals surface area contributed by atoms with Crippen molar-refractivity contribution in [3.63, 3.8) is 0 Å². The van der Waals surface area contributed by atoms with Crippen LogP contribution in [0.1, 0.15) is 23.7 Å². The van der Waals surface area contributed by atoms with Crippen LogP contribution in [0.15, 0.2) is 6.20 Å². The molecule has 1 aromatic heterocycles. The molecule has 1 amide bonds. The summed E-state index contributed by atoms with van der Waals surface area (Å²) in [6.45, 7) is 1.44. The van der Waals surface area contributed by atoms with Crippen molar-refractivity contribution >= 4 is 27.9 Å². The third-order valence-corrected chi connectivity index (χ3v) is 4.38. The van der Waals surface area contributed by atoms with Gasteiger partial charge in [0, 0.05) is 18.9 Å². The van der Waals surface area contributed by atoms with Crippen LogP contribution in [0, 0.1) is 5.92 Å². The van der Waals surface area contributed by atoms with Gasteiger partial charge in [-0.3, -0.25) is 9.69 Å². The maximum Gasteiger partial charge on any atom is 0.343 e.